The Kier molecular flexibility index (Phi) is 8.18. The van der Waals surface area contributed by atoms with E-state index in [1.807, 2.05) is 4.90 Å². The third-order valence-electron chi connectivity index (χ3n) is 13.6. The average Bonchev–Trinajstić information content (AvgIpc) is 3.22. The van der Waals surface area contributed by atoms with Crippen LogP contribution in [0.4, 0.5) is 4.79 Å². The normalized spacial score (nSPS) is 45.9. The lowest BCUT2D eigenvalue weighted by Crippen LogP contribution is -2.52. The number of hydrogen-bond acceptors (Lipinski definition) is 5. The largest absolute Gasteiger partial charge is 0.446 e. The lowest BCUT2D eigenvalue weighted by Gasteiger charge is -2.57. The second-order valence-corrected chi connectivity index (χ2v) is 15.2. The molecule has 5 aliphatic carbocycles. The molecule has 6 nitrogen and oxygen atoms in total. The standard InChI is InChI=1S/C32H53NO4.CH5N/c1-19(2)26(37-29(36)33-16-7-17-33)9-6-8-22-21-12-14-31-20(3)32(31)15-13-28(35)30(4,5)27(32)11-10-24(31)23(21)18-25(22)34;1-2/h19-28,34-35H,6-18H2,1-5H3;2H2,1H3/t20-,21?,22+,23?,24-,25+,26-,27?,28-,31-,32?;/m0./s1. The van der Waals surface area contributed by atoms with Crippen LogP contribution in [0.1, 0.15) is 105 Å². The van der Waals surface area contributed by atoms with Crippen LogP contribution in [-0.2, 0) is 4.74 Å². The zero-order chi connectivity index (χ0) is 28.3. The first-order valence-electron chi connectivity index (χ1n) is 16.4. The molecule has 1 amide bonds. The maximum absolute atomic E-state index is 12.4. The minimum Gasteiger partial charge on any atom is -0.446 e. The summed E-state index contributed by atoms with van der Waals surface area (Å²) in [6.45, 7) is 13.2. The van der Waals surface area contributed by atoms with E-state index in [4.69, 9.17) is 4.74 Å². The van der Waals surface area contributed by atoms with Gasteiger partial charge in [0.05, 0.1) is 12.2 Å². The quantitative estimate of drug-likeness (QED) is 0.389. The summed E-state index contributed by atoms with van der Waals surface area (Å²) in [5.74, 6) is 4.27. The number of carbonyl (C=O) groups excluding carboxylic acids is 1. The van der Waals surface area contributed by atoms with E-state index in [-0.39, 0.29) is 29.8 Å². The van der Waals surface area contributed by atoms with E-state index in [0.29, 0.717) is 40.4 Å². The fourth-order valence-corrected chi connectivity index (χ4v) is 11.6. The van der Waals surface area contributed by atoms with Gasteiger partial charge >= 0.3 is 6.09 Å². The average molecular weight is 547 g/mol. The number of aliphatic hydroxyl groups excluding tert-OH is 2. The summed E-state index contributed by atoms with van der Waals surface area (Å²) in [6, 6.07) is 0. The number of amides is 1. The number of nitrogens with zero attached hydrogens (tertiary/aromatic N) is 1. The zero-order valence-corrected chi connectivity index (χ0v) is 25.7. The minimum atomic E-state index is -0.168. The van der Waals surface area contributed by atoms with E-state index in [1.54, 1.807) is 0 Å². The number of fused-ring (bicyclic) bond motifs is 2. The summed E-state index contributed by atoms with van der Waals surface area (Å²) in [5.41, 5.74) is 5.44. The third-order valence-corrected chi connectivity index (χ3v) is 13.6. The van der Waals surface area contributed by atoms with Crippen LogP contribution in [0.25, 0.3) is 0 Å². The van der Waals surface area contributed by atoms with E-state index >= 15 is 0 Å². The summed E-state index contributed by atoms with van der Waals surface area (Å²) in [6.07, 6.45) is 12.0. The van der Waals surface area contributed by atoms with Crippen LogP contribution in [0.15, 0.2) is 0 Å². The number of carbonyl (C=O) groups is 1. The van der Waals surface area contributed by atoms with Gasteiger partial charge in [-0.15, -0.1) is 0 Å². The van der Waals surface area contributed by atoms with Crippen LogP contribution in [0.2, 0.25) is 0 Å². The van der Waals surface area contributed by atoms with Crippen LogP contribution in [0.3, 0.4) is 0 Å². The molecule has 1 saturated heterocycles. The molecule has 11 atom stereocenters. The van der Waals surface area contributed by atoms with E-state index in [1.165, 1.54) is 39.2 Å². The predicted molar refractivity (Wildman–Crippen MR) is 155 cm³/mol. The van der Waals surface area contributed by atoms with Crippen LogP contribution in [0.5, 0.6) is 0 Å². The van der Waals surface area contributed by atoms with Gasteiger partial charge in [-0.25, -0.2) is 4.79 Å². The van der Waals surface area contributed by atoms with Gasteiger partial charge in [-0.1, -0.05) is 34.6 Å². The molecule has 224 valence electrons. The molecule has 0 bridgehead atoms. The van der Waals surface area contributed by atoms with E-state index in [0.717, 1.165) is 63.5 Å². The molecule has 2 spiro atoms. The second kappa shape index (κ2) is 10.8. The number of nitrogens with two attached hydrogens (primary N) is 1. The van der Waals surface area contributed by atoms with Crippen molar-refractivity contribution in [3.8, 4) is 0 Å². The number of ether oxygens (including phenoxy) is 1. The summed E-state index contributed by atoms with van der Waals surface area (Å²) in [4.78, 5) is 14.2. The van der Waals surface area contributed by atoms with Crippen molar-refractivity contribution in [3.05, 3.63) is 0 Å². The second-order valence-electron chi connectivity index (χ2n) is 15.2. The minimum absolute atomic E-state index is 0.0236. The Labute approximate surface area is 237 Å². The number of rotatable bonds is 6. The smallest absolute Gasteiger partial charge is 0.410 e. The Balaban J connectivity index is 0.00000151. The van der Waals surface area contributed by atoms with Gasteiger partial charge in [0, 0.05) is 13.1 Å². The van der Waals surface area contributed by atoms with Crippen LogP contribution < -0.4 is 5.73 Å². The highest BCUT2D eigenvalue weighted by Crippen LogP contribution is 2.88. The summed E-state index contributed by atoms with van der Waals surface area (Å²) in [7, 11) is 1.50. The Hall–Kier alpha value is -0.850. The molecule has 0 radical (unpaired) electrons. The van der Waals surface area contributed by atoms with Crippen molar-refractivity contribution in [2.45, 2.75) is 124 Å². The van der Waals surface area contributed by atoms with Crippen LogP contribution in [-0.4, -0.2) is 59.7 Å². The lowest BCUT2D eigenvalue weighted by molar-refractivity contribution is -0.122. The van der Waals surface area contributed by atoms with Crippen molar-refractivity contribution in [2.75, 3.05) is 20.1 Å². The summed E-state index contributed by atoms with van der Waals surface area (Å²) < 4.78 is 5.90. The molecule has 4 N–H and O–H groups in total. The van der Waals surface area contributed by atoms with E-state index < -0.39 is 0 Å². The molecule has 1 aliphatic heterocycles. The van der Waals surface area contributed by atoms with E-state index in [2.05, 4.69) is 40.4 Å². The number of hydrogen-bond donors (Lipinski definition) is 3. The van der Waals surface area contributed by atoms with Gasteiger partial charge in [-0.3, -0.25) is 0 Å². The van der Waals surface area contributed by atoms with Gasteiger partial charge in [0.2, 0.25) is 0 Å². The molecule has 6 fully saturated rings. The van der Waals surface area contributed by atoms with E-state index in [9.17, 15) is 15.0 Å². The number of likely N-dealkylation sites (tertiary alicyclic amines) is 1. The van der Waals surface area contributed by atoms with Crippen LogP contribution in [0, 0.1) is 57.7 Å². The maximum Gasteiger partial charge on any atom is 0.410 e. The maximum atomic E-state index is 12.4. The molecule has 5 saturated carbocycles. The Morgan fingerprint density at radius 2 is 1.72 bits per heavy atom. The molecule has 0 aromatic rings. The molecule has 6 heteroatoms. The van der Waals surface area contributed by atoms with Crippen LogP contribution >= 0.6 is 0 Å². The highest BCUT2D eigenvalue weighted by atomic mass is 16.6. The van der Waals surface area contributed by atoms with Crippen molar-refractivity contribution in [3.63, 3.8) is 0 Å². The molecule has 0 aromatic carbocycles. The topological polar surface area (TPSA) is 96.0 Å². The van der Waals surface area contributed by atoms with Crippen molar-refractivity contribution in [2.24, 2.45) is 63.4 Å². The summed E-state index contributed by atoms with van der Waals surface area (Å²) >= 11 is 0. The SMILES string of the molecule is CC(C)[C@H](CCC[C@@H]1C2CC[C@@]34[C@H](C)C35CC[C@H](O)C(C)(C)C5CC[C@H]4C2C[C@H]1O)OC(=O)N1CCC1.CN. The molecular weight excluding hydrogens is 488 g/mol. The molecule has 4 unspecified atom stereocenters. The first kappa shape index (κ1) is 29.6. The van der Waals surface area contributed by atoms with Crippen molar-refractivity contribution in [1.82, 2.24) is 4.90 Å². The zero-order valence-electron chi connectivity index (χ0n) is 25.7. The molecule has 6 aliphatic rings. The molecule has 6 rings (SSSR count). The lowest BCUT2D eigenvalue weighted by atomic mass is 9.48. The highest BCUT2D eigenvalue weighted by molar-refractivity contribution is 5.68. The van der Waals surface area contributed by atoms with Gasteiger partial charge in [-0.05, 0) is 135 Å². The molecule has 0 aromatic heterocycles. The molecular formula is C33H58N2O4. The molecule has 39 heavy (non-hydrogen) atoms. The Morgan fingerprint density at radius 1 is 1.03 bits per heavy atom. The summed E-state index contributed by atoms with van der Waals surface area (Å²) in [5, 5.41) is 22.2. The fourth-order valence-electron chi connectivity index (χ4n) is 11.6. The van der Waals surface area contributed by atoms with Crippen molar-refractivity contribution >= 4 is 6.09 Å². The van der Waals surface area contributed by atoms with Gasteiger partial charge in [-0.2, -0.15) is 0 Å². The molecule has 1 heterocycles. The van der Waals surface area contributed by atoms with Gasteiger partial charge in [0.15, 0.2) is 0 Å². The van der Waals surface area contributed by atoms with Gasteiger partial charge in [0.1, 0.15) is 6.10 Å². The third kappa shape index (κ3) is 4.31. The Bertz CT molecular complexity index is 889. The van der Waals surface area contributed by atoms with Crippen molar-refractivity contribution < 1.29 is 19.7 Å². The highest BCUT2D eigenvalue weighted by Gasteiger charge is 2.83. The fraction of sp³-hybridized carbons (Fsp3) is 0.970. The van der Waals surface area contributed by atoms with Gasteiger partial charge < -0.3 is 25.6 Å². The Morgan fingerprint density at radius 3 is 2.36 bits per heavy atom. The van der Waals surface area contributed by atoms with Crippen molar-refractivity contribution in [1.29, 1.82) is 0 Å². The van der Waals surface area contributed by atoms with Gasteiger partial charge in [0.25, 0.3) is 0 Å². The monoisotopic (exact) mass is 546 g/mol. The number of aliphatic hydroxyl groups is 2. The predicted octanol–water partition coefficient (Wildman–Crippen LogP) is 5.84. The first-order chi connectivity index (χ1) is 18.6. The first-order valence-corrected chi connectivity index (χ1v) is 16.4.